The minimum absolute atomic E-state index is 0.683. The molecular formula is C11H17NO2S. The number of benzene rings is 1. The highest BCUT2D eigenvalue weighted by molar-refractivity contribution is 7.99. The van der Waals surface area contributed by atoms with Crippen LogP contribution in [0.2, 0.25) is 0 Å². The number of anilines is 1. The number of thioether (sulfide) groups is 1. The third-order valence-corrected chi connectivity index (χ3v) is 2.75. The van der Waals surface area contributed by atoms with E-state index in [2.05, 4.69) is 0 Å². The van der Waals surface area contributed by atoms with Crippen LogP contribution in [0.4, 0.5) is 5.69 Å². The maximum Gasteiger partial charge on any atom is 0.142 e. The molecule has 0 saturated carbocycles. The Bertz CT molecular complexity index is 281. The van der Waals surface area contributed by atoms with Gasteiger partial charge in [0.25, 0.3) is 0 Å². The quantitative estimate of drug-likeness (QED) is 0.572. The highest BCUT2D eigenvalue weighted by atomic mass is 32.2. The Morgan fingerprint density at radius 3 is 2.67 bits per heavy atom. The number of methoxy groups -OCH3 is 1. The molecule has 0 heterocycles. The number of ether oxygens (including phenoxy) is 2. The number of nitrogen functional groups attached to an aromatic ring is 1. The highest BCUT2D eigenvalue weighted by Crippen LogP contribution is 2.19. The van der Waals surface area contributed by atoms with Gasteiger partial charge < -0.3 is 15.2 Å². The molecule has 0 amide bonds. The van der Waals surface area contributed by atoms with Gasteiger partial charge in [-0.05, 0) is 12.1 Å². The van der Waals surface area contributed by atoms with E-state index in [1.54, 1.807) is 7.11 Å². The number of hydrogen-bond donors (Lipinski definition) is 1. The second-order valence-corrected chi connectivity index (χ2v) is 4.22. The van der Waals surface area contributed by atoms with Crippen LogP contribution in [0.1, 0.15) is 0 Å². The molecule has 0 aliphatic heterocycles. The van der Waals surface area contributed by atoms with Crippen LogP contribution in [-0.4, -0.2) is 31.8 Å². The Kier molecular flexibility index (Phi) is 6.04. The molecule has 0 bridgehead atoms. The first-order valence-electron chi connectivity index (χ1n) is 4.88. The molecule has 84 valence electrons. The number of rotatable bonds is 7. The average molecular weight is 227 g/mol. The lowest BCUT2D eigenvalue weighted by Crippen LogP contribution is -2.03. The minimum atomic E-state index is 0.683. The first-order chi connectivity index (χ1) is 7.34. The Morgan fingerprint density at radius 1 is 1.20 bits per heavy atom. The van der Waals surface area contributed by atoms with E-state index in [-0.39, 0.29) is 0 Å². The van der Waals surface area contributed by atoms with Crippen molar-refractivity contribution in [3.63, 3.8) is 0 Å². The van der Waals surface area contributed by atoms with Crippen molar-refractivity contribution in [3.05, 3.63) is 24.3 Å². The lowest BCUT2D eigenvalue weighted by atomic mass is 10.3. The highest BCUT2D eigenvalue weighted by Gasteiger charge is 1.97. The first kappa shape index (κ1) is 12.2. The molecule has 15 heavy (non-hydrogen) atoms. The third kappa shape index (κ3) is 4.95. The fraction of sp³-hybridized carbons (Fsp3) is 0.455. The van der Waals surface area contributed by atoms with Crippen LogP contribution in [0.15, 0.2) is 24.3 Å². The number of para-hydroxylation sites is 2. The van der Waals surface area contributed by atoms with Crippen molar-refractivity contribution >= 4 is 17.4 Å². The largest absolute Gasteiger partial charge is 0.491 e. The second-order valence-electron chi connectivity index (χ2n) is 2.99. The molecular weight excluding hydrogens is 210 g/mol. The summed E-state index contributed by atoms with van der Waals surface area (Å²) >= 11 is 1.81. The molecule has 0 fully saturated rings. The first-order valence-corrected chi connectivity index (χ1v) is 6.04. The van der Waals surface area contributed by atoms with Gasteiger partial charge in [-0.25, -0.2) is 0 Å². The van der Waals surface area contributed by atoms with Crippen LogP contribution in [0.25, 0.3) is 0 Å². The molecule has 2 N–H and O–H groups in total. The van der Waals surface area contributed by atoms with Gasteiger partial charge in [0.15, 0.2) is 0 Å². The zero-order valence-electron chi connectivity index (χ0n) is 8.94. The van der Waals surface area contributed by atoms with Crippen LogP contribution >= 0.6 is 11.8 Å². The van der Waals surface area contributed by atoms with Crippen LogP contribution in [0.3, 0.4) is 0 Å². The summed E-state index contributed by atoms with van der Waals surface area (Å²) in [5.74, 6) is 2.73. The summed E-state index contributed by atoms with van der Waals surface area (Å²) in [4.78, 5) is 0. The monoisotopic (exact) mass is 227 g/mol. The van der Waals surface area contributed by atoms with Crippen molar-refractivity contribution in [2.24, 2.45) is 0 Å². The summed E-state index contributed by atoms with van der Waals surface area (Å²) in [7, 11) is 1.71. The number of nitrogens with two attached hydrogens (primary N) is 1. The van der Waals surface area contributed by atoms with E-state index in [4.69, 9.17) is 15.2 Å². The van der Waals surface area contributed by atoms with E-state index in [9.17, 15) is 0 Å². The van der Waals surface area contributed by atoms with E-state index in [1.165, 1.54) is 0 Å². The zero-order valence-corrected chi connectivity index (χ0v) is 9.76. The molecule has 4 heteroatoms. The van der Waals surface area contributed by atoms with Gasteiger partial charge in [-0.3, -0.25) is 0 Å². The van der Waals surface area contributed by atoms with Crippen molar-refractivity contribution in [3.8, 4) is 5.75 Å². The Balaban J connectivity index is 2.12. The summed E-state index contributed by atoms with van der Waals surface area (Å²) in [5, 5.41) is 0. The van der Waals surface area contributed by atoms with Crippen LogP contribution < -0.4 is 10.5 Å². The molecule has 0 unspecified atom stereocenters. The Hall–Kier alpha value is -0.870. The lowest BCUT2D eigenvalue weighted by Gasteiger charge is -2.07. The van der Waals surface area contributed by atoms with Gasteiger partial charge in [0, 0.05) is 18.6 Å². The summed E-state index contributed by atoms with van der Waals surface area (Å²) < 4.78 is 10.5. The fourth-order valence-electron chi connectivity index (χ4n) is 1.07. The molecule has 0 spiro atoms. The molecule has 0 aliphatic rings. The van der Waals surface area contributed by atoms with Gasteiger partial charge in [-0.15, -0.1) is 0 Å². The summed E-state index contributed by atoms with van der Waals surface area (Å²) in [6.45, 7) is 1.47. The molecule has 0 aromatic heterocycles. The van der Waals surface area contributed by atoms with Crippen molar-refractivity contribution in [2.75, 3.05) is 37.6 Å². The van der Waals surface area contributed by atoms with E-state index in [1.807, 2.05) is 36.0 Å². The van der Waals surface area contributed by atoms with Gasteiger partial charge >= 0.3 is 0 Å². The van der Waals surface area contributed by atoms with E-state index >= 15 is 0 Å². The van der Waals surface area contributed by atoms with E-state index in [0.717, 1.165) is 23.9 Å². The van der Waals surface area contributed by atoms with E-state index in [0.29, 0.717) is 12.3 Å². The smallest absolute Gasteiger partial charge is 0.142 e. The Labute approximate surface area is 94.9 Å². The zero-order chi connectivity index (χ0) is 10.9. The van der Waals surface area contributed by atoms with Crippen LogP contribution in [0.5, 0.6) is 5.75 Å². The van der Waals surface area contributed by atoms with Crippen molar-refractivity contribution in [1.82, 2.24) is 0 Å². The predicted octanol–water partition coefficient (Wildman–Crippen LogP) is 2.03. The van der Waals surface area contributed by atoms with Gasteiger partial charge in [0.2, 0.25) is 0 Å². The lowest BCUT2D eigenvalue weighted by molar-refractivity contribution is 0.218. The molecule has 0 aliphatic carbocycles. The third-order valence-electron chi connectivity index (χ3n) is 1.84. The van der Waals surface area contributed by atoms with Crippen LogP contribution in [-0.2, 0) is 4.74 Å². The fourth-order valence-corrected chi connectivity index (χ4v) is 1.76. The topological polar surface area (TPSA) is 44.5 Å². The predicted molar refractivity (Wildman–Crippen MR) is 65.6 cm³/mol. The van der Waals surface area contributed by atoms with Gasteiger partial charge in [-0.1, -0.05) is 12.1 Å². The molecule has 3 nitrogen and oxygen atoms in total. The second kappa shape index (κ2) is 7.43. The summed E-state index contributed by atoms with van der Waals surface area (Å²) in [6.07, 6.45) is 0. The van der Waals surface area contributed by atoms with Crippen molar-refractivity contribution in [1.29, 1.82) is 0 Å². The maximum absolute atomic E-state index is 5.73. The normalized spacial score (nSPS) is 10.2. The molecule has 0 radical (unpaired) electrons. The van der Waals surface area contributed by atoms with Crippen molar-refractivity contribution in [2.45, 2.75) is 0 Å². The standard InChI is InChI=1S/C11H17NO2S/c1-13-6-8-15-9-7-14-11-5-3-2-4-10(11)12/h2-5H,6-9,12H2,1H3. The van der Waals surface area contributed by atoms with Crippen LogP contribution in [0, 0.1) is 0 Å². The van der Waals surface area contributed by atoms with Gasteiger partial charge in [-0.2, -0.15) is 11.8 Å². The van der Waals surface area contributed by atoms with Crippen molar-refractivity contribution < 1.29 is 9.47 Å². The molecule has 0 saturated heterocycles. The molecule has 1 rings (SSSR count). The molecule has 1 aromatic carbocycles. The number of hydrogen-bond acceptors (Lipinski definition) is 4. The average Bonchev–Trinajstić information content (AvgIpc) is 2.25. The SMILES string of the molecule is COCCSCCOc1ccccc1N. The summed E-state index contributed by atoms with van der Waals surface area (Å²) in [6, 6.07) is 7.54. The Morgan fingerprint density at radius 2 is 1.93 bits per heavy atom. The van der Waals surface area contributed by atoms with Gasteiger partial charge in [0.1, 0.15) is 5.75 Å². The van der Waals surface area contributed by atoms with E-state index < -0.39 is 0 Å². The molecule has 1 aromatic rings. The molecule has 0 atom stereocenters. The maximum atomic E-state index is 5.73. The van der Waals surface area contributed by atoms with Gasteiger partial charge in [0.05, 0.1) is 18.9 Å². The summed E-state index contributed by atoms with van der Waals surface area (Å²) in [5.41, 5.74) is 6.43. The minimum Gasteiger partial charge on any atom is -0.491 e.